The van der Waals surface area contributed by atoms with Gasteiger partial charge in [-0.25, -0.2) is 4.79 Å². The third-order valence-corrected chi connectivity index (χ3v) is 3.67. The number of nitriles is 1. The molecule has 1 heterocycles. The first kappa shape index (κ1) is 17.2. The largest absolute Gasteiger partial charge is 0.438 e. The van der Waals surface area contributed by atoms with Gasteiger partial charge in [0.15, 0.2) is 5.56 Å². The van der Waals surface area contributed by atoms with Crippen LogP contribution in [0.25, 0.3) is 0 Å². The monoisotopic (exact) mass is 350 g/mol. The molecule has 0 amide bonds. The maximum absolute atomic E-state index is 12.0. The van der Waals surface area contributed by atoms with Crippen LogP contribution in [-0.4, -0.2) is 14.1 Å². The lowest BCUT2D eigenvalue weighted by Gasteiger charge is -2.14. The molecule has 10 heteroatoms. The fraction of sp³-hybridized carbons (Fsp3) is 0.214. The normalized spacial score (nSPS) is 10.3. The Morgan fingerprint density at radius 1 is 1.29 bits per heavy atom. The number of ether oxygens (including phenoxy) is 1. The molecular formula is C14H11ClN4O5. The van der Waals surface area contributed by atoms with E-state index >= 15 is 0 Å². The van der Waals surface area contributed by atoms with Crippen LogP contribution in [0.15, 0.2) is 21.7 Å². The summed E-state index contributed by atoms with van der Waals surface area (Å²) in [6, 6.07) is 4.07. The SMILES string of the molecule is Cc1cc(Cl)c([N+](=O)[O-])cc1Oc1c(C#N)c(=O)n(C)c(=O)n1C. The van der Waals surface area contributed by atoms with Crippen LogP contribution in [0.5, 0.6) is 11.6 Å². The van der Waals surface area contributed by atoms with E-state index in [1.807, 2.05) is 0 Å². The van der Waals surface area contributed by atoms with Gasteiger partial charge in [0.05, 0.1) is 11.0 Å². The number of nitro benzene ring substituents is 1. The summed E-state index contributed by atoms with van der Waals surface area (Å²) in [7, 11) is 2.55. The molecule has 0 aliphatic heterocycles. The lowest BCUT2D eigenvalue weighted by Crippen LogP contribution is -2.38. The maximum Gasteiger partial charge on any atom is 0.333 e. The Morgan fingerprint density at radius 3 is 2.46 bits per heavy atom. The predicted molar refractivity (Wildman–Crippen MR) is 84.6 cm³/mol. The lowest BCUT2D eigenvalue weighted by atomic mass is 10.2. The van der Waals surface area contributed by atoms with Crippen molar-refractivity contribution in [1.82, 2.24) is 9.13 Å². The number of nitro groups is 1. The van der Waals surface area contributed by atoms with Crippen molar-refractivity contribution in [3.05, 3.63) is 59.2 Å². The molecule has 2 rings (SSSR count). The molecule has 9 nitrogen and oxygen atoms in total. The second-order valence-electron chi connectivity index (χ2n) is 4.93. The molecule has 0 unspecified atom stereocenters. The van der Waals surface area contributed by atoms with E-state index < -0.39 is 27.4 Å². The van der Waals surface area contributed by atoms with E-state index in [0.717, 1.165) is 15.2 Å². The maximum atomic E-state index is 12.0. The number of hydrogen-bond acceptors (Lipinski definition) is 6. The highest BCUT2D eigenvalue weighted by molar-refractivity contribution is 6.32. The molecule has 2 aromatic rings. The first-order valence-electron chi connectivity index (χ1n) is 6.51. The third kappa shape index (κ3) is 2.75. The minimum absolute atomic E-state index is 0.00542. The van der Waals surface area contributed by atoms with Crippen LogP contribution in [0.2, 0.25) is 5.02 Å². The molecule has 0 saturated heterocycles. The van der Waals surface area contributed by atoms with Gasteiger partial charge in [-0.2, -0.15) is 5.26 Å². The van der Waals surface area contributed by atoms with Gasteiger partial charge in [-0.05, 0) is 18.6 Å². The molecule has 0 saturated carbocycles. The number of halogens is 1. The van der Waals surface area contributed by atoms with E-state index in [4.69, 9.17) is 16.3 Å². The van der Waals surface area contributed by atoms with Crippen LogP contribution < -0.4 is 16.0 Å². The summed E-state index contributed by atoms with van der Waals surface area (Å²) >= 11 is 5.80. The molecule has 0 aliphatic rings. The van der Waals surface area contributed by atoms with Crippen molar-refractivity contribution < 1.29 is 9.66 Å². The fourth-order valence-electron chi connectivity index (χ4n) is 2.04. The summed E-state index contributed by atoms with van der Waals surface area (Å²) in [4.78, 5) is 34.3. The highest BCUT2D eigenvalue weighted by Gasteiger charge is 2.21. The summed E-state index contributed by atoms with van der Waals surface area (Å²) in [5.74, 6) is -0.295. The number of rotatable bonds is 3. The van der Waals surface area contributed by atoms with Crippen LogP contribution >= 0.6 is 11.6 Å². The first-order valence-corrected chi connectivity index (χ1v) is 6.89. The van der Waals surface area contributed by atoms with Crippen molar-refractivity contribution in [3.8, 4) is 17.7 Å². The number of hydrogen-bond donors (Lipinski definition) is 0. The molecule has 124 valence electrons. The second-order valence-corrected chi connectivity index (χ2v) is 5.33. The van der Waals surface area contributed by atoms with Gasteiger partial charge in [-0.1, -0.05) is 11.6 Å². The molecule has 0 bridgehead atoms. The molecule has 0 spiro atoms. The zero-order chi connectivity index (χ0) is 18.2. The summed E-state index contributed by atoms with van der Waals surface area (Å²) in [6.45, 7) is 1.58. The minimum Gasteiger partial charge on any atom is -0.438 e. The fourth-order valence-corrected chi connectivity index (χ4v) is 2.32. The smallest absolute Gasteiger partial charge is 0.333 e. The quantitative estimate of drug-likeness (QED) is 0.612. The zero-order valence-corrected chi connectivity index (χ0v) is 13.6. The predicted octanol–water partition coefficient (Wildman–Crippen LogP) is 1.62. The van der Waals surface area contributed by atoms with Gasteiger partial charge < -0.3 is 4.74 Å². The Kier molecular flexibility index (Phi) is 4.43. The summed E-state index contributed by atoms with van der Waals surface area (Å²) < 4.78 is 7.23. The summed E-state index contributed by atoms with van der Waals surface area (Å²) in [5.41, 5.74) is -1.88. The van der Waals surface area contributed by atoms with Gasteiger partial charge in [0.25, 0.3) is 11.2 Å². The molecular weight excluding hydrogens is 340 g/mol. The van der Waals surface area contributed by atoms with Crippen molar-refractivity contribution in [1.29, 1.82) is 5.26 Å². The Hall–Kier alpha value is -3.12. The Morgan fingerprint density at radius 2 is 1.92 bits per heavy atom. The average molecular weight is 351 g/mol. The lowest BCUT2D eigenvalue weighted by molar-refractivity contribution is -0.384. The topological polar surface area (TPSA) is 120 Å². The average Bonchev–Trinajstić information content (AvgIpc) is 2.52. The van der Waals surface area contributed by atoms with Crippen LogP contribution in [0.4, 0.5) is 5.69 Å². The van der Waals surface area contributed by atoms with E-state index in [-0.39, 0.29) is 16.7 Å². The van der Waals surface area contributed by atoms with E-state index in [1.165, 1.54) is 20.2 Å². The van der Waals surface area contributed by atoms with E-state index in [1.54, 1.807) is 13.0 Å². The van der Waals surface area contributed by atoms with Crippen LogP contribution in [0, 0.1) is 28.4 Å². The first-order chi connectivity index (χ1) is 11.2. The highest BCUT2D eigenvalue weighted by Crippen LogP contribution is 2.34. The summed E-state index contributed by atoms with van der Waals surface area (Å²) in [6.07, 6.45) is 0. The molecule has 0 fully saturated rings. The molecule has 1 aromatic carbocycles. The van der Waals surface area contributed by atoms with E-state index in [9.17, 15) is 25.0 Å². The van der Waals surface area contributed by atoms with Gasteiger partial charge in [0.2, 0.25) is 5.88 Å². The molecule has 0 radical (unpaired) electrons. The van der Waals surface area contributed by atoms with Crippen molar-refractivity contribution in [2.24, 2.45) is 14.1 Å². The van der Waals surface area contributed by atoms with Crippen molar-refractivity contribution in [2.45, 2.75) is 6.92 Å². The van der Waals surface area contributed by atoms with Crippen molar-refractivity contribution >= 4 is 17.3 Å². The van der Waals surface area contributed by atoms with Gasteiger partial charge in [0, 0.05) is 14.1 Å². The molecule has 0 atom stereocenters. The molecule has 24 heavy (non-hydrogen) atoms. The number of benzene rings is 1. The number of aryl methyl sites for hydroxylation is 1. The number of aromatic nitrogens is 2. The van der Waals surface area contributed by atoms with E-state index in [0.29, 0.717) is 5.56 Å². The minimum atomic E-state index is -0.822. The van der Waals surface area contributed by atoms with E-state index in [2.05, 4.69) is 0 Å². The Bertz CT molecular complexity index is 1020. The van der Waals surface area contributed by atoms with Gasteiger partial charge in [-0.15, -0.1) is 0 Å². The second kappa shape index (κ2) is 6.17. The molecule has 0 N–H and O–H groups in total. The van der Waals surface area contributed by atoms with Crippen molar-refractivity contribution in [3.63, 3.8) is 0 Å². The molecule has 1 aromatic heterocycles. The summed E-state index contributed by atoms with van der Waals surface area (Å²) in [5, 5.41) is 20.1. The molecule has 0 aliphatic carbocycles. The van der Waals surface area contributed by atoms with Crippen molar-refractivity contribution in [2.75, 3.05) is 0 Å². The Labute approximate surface area is 140 Å². The highest BCUT2D eigenvalue weighted by atomic mass is 35.5. The van der Waals surface area contributed by atoms with Gasteiger partial charge >= 0.3 is 5.69 Å². The van der Waals surface area contributed by atoms with Crippen LogP contribution in [-0.2, 0) is 14.1 Å². The Balaban J connectivity index is 2.72. The zero-order valence-electron chi connectivity index (χ0n) is 12.9. The van der Waals surface area contributed by atoms with Crippen LogP contribution in [0.3, 0.4) is 0 Å². The standard InChI is InChI=1S/C14H11ClN4O5/c1-7-4-9(15)10(19(22)23)5-11(7)24-13-8(6-16)12(20)17(2)14(21)18(13)3/h4-5H,1-3H3. The number of nitrogens with zero attached hydrogens (tertiary/aromatic N) is 4. The third-order valence-electron chi connectivity index (χ3n) is 3.37. The van der Waals surface area contributed by atoms with Crippen LogP contribution in [0.1, 0.15) is 11.1 Å². The van der Waals surface area contributed by atoms with Gasteiger partial charge in [0.1, 0.15) is 16.8 Å². The van der Waals surface area contributed by atoms with Gasteiger partial charge in [-0.3, -0.25) is 24.0 Å².